The monoisotopic (exact) mass is 354 g/mol. The summed E-state index contributed by atoms with van der Waals surface area (Å²) in [5.41, 5.74) is 0. The maximum atomic E-state index is 12.3. The van der Waals surface area contributed by atoms with Crippen molar-refractivity contribution in [3.05, 3.63) is 18.5 Å². The topological polar surface area (TPSA) is 75.5 Å². The van der Waals surface area contributed by atoms with E-state index in [0.717, 1.165) is 52.0 Å². The van der Waals surface area contributed by atoms with Gasteiger partial charge in [-0.15, -0.1) is 0 Å². The highest BCUT2D eigenvalue weighted by molar-refractivity contribution is 7.91. The van der Waals surface area contributed by atoms with E-state index in [0.29, 0.717) is 24.0 Å². The molecule has 134 valence electrons. The summed E-state index contributed by atoms with van der Waals surface area (Å²) >= 11 is 0. The number of rotatable bonds is 5. The van der Waals surface area contributed by atoms with Crippen LogP contribution in [0.1, 0.15) is 19.3 Å². The zero-order valence-electron chi connectivity index (χ0n) is 14.0. The maximum Gasteiger partial charge on any atom is 0.244 e. The average Bonchev–Trinajstić information content (AvgIpc) is 3.08. The molecule has 2 aliphatic rings. The molecule has 0 aliphatic carbocycles. The Morgan fingerprint density at radius 1 is 1.21 bits per heavy atom. The maximum absolute atomic E-state index is 12.3. The standard InChI is InChI=1S/C16H26N4O3S/c21-16(13-20-8-1-5-17-20)19-7-2-6-18(10-11-19)9-3-15-4-12-24(22,23)14-15/h1,5,8,15H,2-4,6-7,9-14H2. The van der Waals surface area contributed by atoms with Crippen molar-refractivity contribution in [3.63, 3.8) is 0 Å². The summed E-state index contributed by atoms with van der Waals surface area (Å²) in [5, 5.41) is 4.08. The summed E-state index contributed by atoms with van der Waals surface area (Å²) in [4.78, 5) is 16.6. The van der Waals surface area contributed by atoms with Crippen LogP contribution in [0.2, 0.25) is 0 Å². The molecule has 3 rings (SSSR count). The van der Waals surface area contributed by atoms with Crippen molar-refractivity contribution in [3.8, 4) is 0 Å². The van der Waals surface area contributed by atoms with Crippen molar-refractivity contribution < 1.29 is 13.2 Å². The Hall–Kier alpha value is -1.41. The fourth-order valence-corrected chi connectivity index (χ4v) is 5.45. The Balaban J connectivity index is 1.42. The van der Waals surface area contributed by atoms with Crippen LogP contribution in [0.4, 0.5) is 0 Å². The average molecular weight is 354 g/mol. The Labute approximate surface area is 143 Å². The Bertz CT molecular complexity index is 644. The van der Waals surface area contributed by atoms with Crippen LogP contribution in [0.25, 0.3) is 0 Å². The summed E-state index contributed by atoms with van der Waals surface area (Å²) in [5.74, 6) is 1.14. The normalized spacial score (nSPS) is 24.8. The molecule has 0 aromatic carbocycles. The number of nitrogens with zero attached hydrogens (tertiary/aromatic N) is 4. The van der Waals surface area contributed by atoms with Gasteiger partial charge in [-0.05, 0) is 44.3 Å². The van der Waals surface area contributed by atoms with E-state index in [-0.39, 0.29) is 5.91 Å². The molecular weight excluding hydrogens is 328 g/mol. The molecule has 2 fully saturated rings. The van der Waals surface area contributed by atoms with Gasteiger partial charge in [0.1, 0.15) is 6.54 Å². The lowest BCUT2D eigenvalue weighted by Crippen LogP contribution is -2.37. The van der Waals surface area contributed by atoms with E-state index in [2.05, 4.69) is 10.00 Å². The zero-order chi connectivity index (χ0) is 17.0. The number of amides is 1. The molecule has 0 spiro atoms. The summed E-state index contributed by atoms with van der Waals surface area (Å²) < 4.78 is 24.7. The number of carbonyl (C=O) groups excluding carboxylic acids is 1. The van der Waals surface area contributed by atoms with Gasteiger partial charge in [0.25, 0.3) is 0 Å². The summed E-state index contributed by atoms with van der Waals surface area (Å²) in [6, 6.07) is 1.82. The van der Waals surface area contributed by atoms with Crippen LogP contribution in [0.15, 0.2) is 18.5 Å². The second-order valence-corrected chi connectivity index (χ2v) is 9.07. The van der Waals surface area contributed by atoms with Crippen LogP contribution in [0.5, 0.6) is 0 Å². The van der Waals surface area contributed by atoms with Gasteiger partial charge in [0.05, 0.1) is 11.5 Å². The minimum atomic E-state index is -2.78. The van der Waals surface area contributed by atoms with Crippen LogP contribution in [-0.2, 0) is 21.2 Å². The number of carbonyl (C=O) groups is 1. The van der Waals surface area contributed by atoms with Crippen molar-refractivity contribution in [1.29, 1.82) is 0 Å². The molecule has 2 saturated heterocycles. The van der Waals surface area contributed by atoms with Crippen LogP contribution >= 0.6 is 0 Å². The SMILES string of the molecule is O=C(Cn1cccn1)N1CCCN(CCC2CCS(=O)(=O)C2)CC1. The number of hydrogen-bond acceptors (Lipinski definition) is 5. The Morgan fingerprint density at radius 2 is 2.08 bits per heavy atom. The fourth-order valence-electron chi connectivity index (χ4n) is 3.54. The highest BCUT2D eigenvalue weighted by Gasteiger charge is 2.28. The second-order valence-electron chi connectivity index (χ2n) is 6.84. The van der Waals surface area contributed by atoms with E-state index in [1.54, 1.807) is 17.1 Å². The van der Waals surface area contributed by atoms with Crippen LogP contribution in [0.3, 0.4) is 0 Å². The number of hydrogen-bond donors (Lipinski definition) is 0. The van der Waals surface area contributed by atoms with Crippen molar-refractivity contribution in [2.24, 2.45) is 5.92 Å². The molecule has 1 amide bonds. The lowest BCUT2D eigenvalue weighted by atomic mass is 10.1. The van der Waals surface area contributed by atoms with Gasteiger partial charge >= 0.3 is 0 Å². The third-order valence-corrected chi connectivity index (χ3v) is 6.81. The molecule has 1 unspecified atom stereocenters. The van der Waals surface area contributed by atoms with Gasteiger partial charge < -0.3 is 9.80 Å². The van der Waals surface area contributed by atoms with E-state index in [1.165, 1.54) is 0 Å². The van der Waals surface area contributed by atoms with Crippen molar-refractivity contribution >= 4 is 15.7 Å². The minimum Gasteiger partial charge on any atom is -0.340 e. The van der Waals surface area contributed by atoms with E-state index < -0.39 is 9.84 Å². The van der Waals surface area contributed by atoms with Crippen molar-refractivity contribution in [2.45, 2.75) is 25.8 Å². The van der Waals surface area contributed by atoms with Gasteiger partial charge in [0, 0.05) is 32.0 Å². The smallest absolute Gasteiger partial charge is 0.244 e. The summed E-state index contributed by atoms with van der Waals surface area (Å²) in [6.45, 7) is 4.60. The first kappa shape index (κ1) is 17.4. The van der Waals surface area contributed by atoms with E-state index in [9.17, 15) is 13.2 Å². The van der Waals surface area contributed by atoms with Crippen LogP contribution < -0.4 is 0 Å². The van der Waals surface area contributed by atoms with Gasteiger partial charge in [0.2, 0.25) is 5.91 Å². The molecule has 0 N–H and O–H groups in total. The quantitative estimate of drug-likeness (QED) is 0.757. The largest absolute Gasteiger partial charge is 0.340 e. The van der Waals surface area contributed by atoms with E-state index in [4.69, 9.17) is 0 Å². The first-order valence-electron chi connectivity index (χ1n) is 8.70. The molecule has 0 radical (unpaired) electrons. The third-order valence-electron chi connectivity index (χ3n) is 4.98. The first-order valence-corrected chi connectivity index (χ1v) is 10.5. The van der Waals surface area contributed by atoms with Gasteiger partial charge in [-0.3, -0.25) is 9.48 Å². The molecule has 3 heterocycles. The highest BCUT2D eigenvalue weighted by Crippen LogP contribution is 2.22. The first-order chi connectivity index (χ1) is 11.5. The van der Waals surface area contributed by atoms with E-state index >= 15 is 0 Å². The zero-order valence-corrected chi connectivity index (χ0v) is 14.8. The Kier molecular flexibility index (Phi) is 5.55. The lowest BCUT2D eigenvalue weighted by Gasteiger charge is -2.23. The molecule has 24 heavy (non-hydrogen) atoms. The molecule has 8 heteroatoms. The molecule has 1 aromatic rings. The Morgan fingerprint density at radius 3 is 2.79 bits per heavy atom. The lowest BCUT2D eigenvalue weighted by molar-refractivity contribution is -0.131. The van der Waals surface area contributed by atoms with Crippen LogP contribution in [-0.4, -0.2) is 78.1 Å². The van der Waals surface area contributed by atoms with Gasteiger partial charge in [-0.2, -0.15) is 5.10 Å². The van der Waals surface area contributed by atoms with Crippen molar-refractivity contribution in [1.82, 2.24) is 19.6 Å². The number of aromatic nitrogens is 2. The predicted molar refractivity (Wildman–Crippen MR) is 91.2 cm³/mol. The van der Waals surface area contributed by atoms with Crippen molar-refractivity contribution in [2.75, 3.05) is 44.2 Å². The highest BCUT2D eigenvalue weighted by atomic mass is 32.2. The molecule has 0 saturated carbocycles. The molecule has 2 aliphatic heterocycles. The molecular formula is C16H26N4O3S. The van der Waals surface area contributed by atoms with Gasteiger partial charge in [-0.1, -0.05) is 0 Å². The second kappa shape index (κ2) is 7.65. The van der Waals surface area contributed by atoms with Gasteiger partial charge in [-0.25, -0.2) is 8.42 Å². The minimum absolute atomic E-state index is 0.113. The van der Waals surface area contributed by atoms with E-state index in [1.807, 2.05) is 11.0 Å². The summed E-state index contributed by atoms with van der Waals surface area (Å²) in [6.07, 6.45) is 6.21. The fraction of sp³-hybridized carbons (Fsp3) is 0.750. The molecule has 1 atom stereocenters. The molecule has 1 aromatic heterocycles. The summed E-state index contributed by atoms with van der Waals surface area (Å²) in [7, 11) is -2.78. The molecule has 7 nitrogen and oxygen atoms in total. The molecule has 0 bridgehead atoms. The van der Waals surface area contributed by atoms with Crippen LogP contribution in [0, 0.1) is 5.92 Å². The predicted octanol–water partition coefficient (Wildman–Crippen LogP) is 0.242. The van der Waals surface area contributed by atoms with Gasteiger partial charge in [0.15, 0.2) is 9.84 Å². The third kappa shape index (κ3) is 4.80. The number of sulfone groups is 1.